The summed E-state index contributed by atoms with van der Waals surface area (Å²) in [7, 11) is 0. The van der Waals surface area contributed by atoms with Gasteiger partial charge in [-0.2, -0.15) is 0 Å². The van der Waals surface area contributed by atoms with Crippen molar-refractivity contribution in [3.05, 3.63) is 24.3 Å². The quantitative estimate of drug-likeness (QED) is 0.894. The van der Waals surface area contributed by atoms with Gasteiger partial charge in [0.1, 0.15) is 5.82 Å². The first-order valence-electron chi connectivity index (χ1n) is 6.79. The third kappa shape index (κ3) is 3.19. The van der Waals surface area contributed by atoms with Crippen LogP contribution in [-0.2, 0) is 0 Å². The molecule has 2 rings (SSSR count). The molecule has 0 aromatic carbocycles. The molecule has 0 aliphatic carbocycles. The number of nitrogens with one attached hydrogen (secondary N) is 1. The van der Waals surface area contributed by atoms with Gasteiger partial charge >= 0.3 is 0 Å². The zero-order valence-corrected chi connectivity index (χ0v) is 11.2. The predicted octanol–water partition coefficient (Wildman–Crippen LogP) is 2.44. The van der Waals surface area contributed by atoms with Crippen molar-refractivity contribution in [2.75, 3.05) is 24.5 Å². The molecule has 2 heterocycles. The maximum Gasteiger partial charge on any atom is 0.143 e. The monoisotopic (exact) mass is 251 g/mol. The van der Waals surface area contributed by atoms with Crippen LogP contribution in [0.1, 0.15) is 26.7 Å². The Kier molecular flexibility index (Phi) is 4.53. The molecule has 1 aliphatic heterocycles. The van der Waals surface area contributed by atoms with E-state index in [1.54, 1.807) is 12.3 Å². The van der Waals surface area contributed by atoms with Crippen LogP contribution in [0.2, 0.25) is 0 Å². The average molecular weight is 251 g/mol. The SMILES string of the molecule is CCC(C)C1CN(c2cncc(F)c2)CCCN1. The predicted molar refractivity (Wildman–Crippen MR) is 72.3 cm³/mol. The minimum atomic E-state index is -0.259. The van der Waals surface area contributed by atoms with Crippen LogP contribution < -0.4 is 10.2 Å². The zero-order valence-electron chi connectivity index (χ0n) is 11.2. The van der Waals surface area contributed by atoms with Crippen molar-refractivity contribution < 1.29 is 4.39 Å². The molecule has 0 saturated carbocycles. The van der Waals surface area contributed by atoms with Crippen LogP contribution in [0.3, 0.4) is 0 Å². The van der Waals surface area contributed by atoms with Crippen molar-refractivity contribution in [1.29, 1.82) is 0 Å². The van der Waals surface area contributed by atoms with E-state index in [4.69, 9.17) is 0 Å². The fraction of sp³-hybridized carbons (Fsp3) is 0.643. The van der Waals surface area contributed by atoms with Gasteiger partial charge in [-0.15, -0.1) is 0 Å². The van der Waals surface area contributed by atoms with E-state index in [0.29, 0.717) is 12.0 Å². The minimum absolute atomic E-state index is 0.259. The van der Waals surface area contributed by atoms with Gasteiger partial charge in [0.25, 0.3) is 0 Å². The van der Waals surface area contributed by atoms with Gasteiger partial charge in [0.15, 0.2) is 0 Å². The lowest BCUT2D eigenvalue weighted by atomic mass is 9.99. The van der Waals surface area contributed by atoms with Crippen molar-refractivity contribution in [3.8, 4) is 0 Å². The summed E-state index contributed by atoms with van der Waals surface area (Å²) in [5, 5.41) is 3.59. The normalized spacial score (nSPS) is 22.6. The van der Waals surface area contributed by atoms with Gasteiger partial charge < -0.3 is 10.2 Å². The average Bonchev–Trinajstić information content (AvgIpc) is 2.63. The summed E-state index contributed by atoms with van der Waals surface area (Å²) in [6.07, 6.45) is 5.25. The molecule has 0 spiro atoms. The van der Waals surface area contributed by atoms with Crippen molar-refractivity contribution in [1.82, 2.24) is 10.3 Å². The van der Waals surface area contributed by atoms with Crippen molar-refractivity contribution in [2.24, 2.45) is 5.92 Å². The first-order chi connectivity index (χ1) is 8.70. The number of nitrogens with zero attached hydrogens (tertiary/aromatic N) is 2. The molecule has 0 radical (unpaired) electrons. The summed E-state index contributed by atoms with van der Waals surface area (Å²) in [6, 6.07) is 2.05. The van der Waals surface area contributed by atoms with Gasteiger partial charge in [0.2, 0.25) is 0 Å². The minimum Gasteiger partial charge on any atom is -0.369 e. The van der Waals surface area contributed by atoms with Gasteiger partial charge in [-0.25, -0.2) is 4.39 Å². The molecule has 1 saturated heterocycles. The number of aromatic nitrogens is 1. The molecule has 2 unspecified atom stereocenters. The van der Waals surface area contributed by atoms with Gasteiger partial charge in [-0.05, 0) is 18.9 Å². The highest BCUT2D eigenvalue weighted by molar-refractivity contribution is 5.44. The molecule has 4 heteroatoms. The molecular formula is C14H22FN3. The summed E-state index contributed by atoms with van der Waals surface area (Å²) in [6.45, 7) is 7.41. The van der Waals surface area contributed by atoms with E-state index in [9.17, 15) is 4.39 Å². The molecule has 1 fully saturated rings. The maximum absolute atomic E-state index is 13.2. The van der Waals surface area contributed by atoms with E-state index in [1.807, 2.05) is 0 Å². The van der Waals surface area contributed by atoms with Crippen LogP contribution in [0.25, 0.3) is 0 Å². The molecule has 100 valence electrons. The second kappa shape index (κ2) is 6.14. The van der Waals surface area contributed by atoms with E-state index in [0.717, 1.165) is 38.2 Å². The Morgan fingerprint density at radius 3 is 3.11 bits per heavy atom. The maximum atomic E-state index is 13.2. The molecular weight excluding hydrogens is 229 g/mol. The summed E-state index contributed by atoms with van der Waals surface area (Å²) in [4.78, 5) is 6.19. The Labute approximate surface area is 108 Å². The fourth-order valence-corrected chi connectivity index (χ4v) is 2.42. The van der Waals surface area contributed by atoms with Crippen LogP contribution in [0.4, 0.5) is 10.1 Å². The highest BCUT2D eigenvalue weighted by atomic mass is 19.1. The zero-order chi connectivity index (χ0) is 13.0. The summed E-state index contributed by atoms with van der Waals surface area (Å²) in [5.41, 5.74) is 0.895. The molecule has 18 heavy (non-hydrogen) atoms. The number of hydrogen-bond donors (Lipinski definition) is 1. The van der Waals surface area contributed by atoms with E-state index in [-0.39, 0.29) is 5.82 Å². The molecule has 0 bridgehead atoms. The van der Waals surface area contributed by atoms with Crippen LogP contribution >= 0.6 is 0 Å². The fourth-order valence-electron chi connectivity index (χ4n) is 2.42. The lowest BCUT2D eigenvalue weighted by molar-refractivity contribution is 0.384. The largest absolute Gasteiger partial charge is 0.369 e. The van der Waals surface area contributed by atoms with E-state index >= 15 is 0 Å². The number of rotatable bonds is 3. The third-order valence-electron chi connectivity index (χ3n) is 3.81. The summed E-state index contributed by atoms with van der Waals surface area (Å²) < 4.78 is 13.2. The number of halogens is 1. The molecule has 3 nitrogen and oxygen atoms in total. The van der Waals surface area contributed by atoms with E-state index < -0.39 is 0 Å². The highest BCUT2D eigenvalue weighted by Gasteiger charge is 2.22. The second-order valence-corrected chi connectivity index (χ2v) is 5.11. The molecule has 1 aromatic rings. The molecule has 1 aromatic heterocycles. The van der Waals surface area contributed by atoms with Crippen LogP contribution in [0.5, 0.6) is 0 Å². The number of hydrogen-bond acceptors (Lipinski definition) is 3. The first-order valence-corrected chi connectivity index (χ1v) is 6.79. The van der Waals surface area contributed by atoms with Gasteiger partial charge in [-0.1, -0.05) is 20.3 Å². The van der Waals surface area contributed by atoms with E-state index in [1.165, 1.54) is 6.20 Å². The standard InChI is InChI=1S/C14H22FN3/c1-3-11(2)14-10-18(6-4-5-17-14)13-7-12(15)8-16-9-13/h7-9,11,14,17H,3-6,10H2,1-2H3. The number of pyridine rings is 1. The number of anilines is 1. The van der Waals surface area contributed by atoms with Crippen LogP contribution in [0, 0.1) is 11.7 Å². The van der Waals surface area contributed by atoms with Gasteiger partial charge in [0.05, 0.1) is 18.1 Å². The Morgan fingerprint density at radius 1 is 1.56 bits per heavy atom. The lowest BCUT2D eigenvalue weighted by Gasteiger charge is -2.29. The second-order valence-electron chi connectivity index (χ2n) is 5.11. The van der Waals surface area contributed by atoms with Crippen molar-refractivity contribution in [2.45, 2.75) is 32.7 Å². The lowest BCUT2D eigenvalue weighted by Crippen LogP contribution is -2.42. The van der Waals surface area contributed by atoms with Gasteiger partial charge in [0, 0.05) is 25.2 Å². The van der Waals surface area contributed by atoms with Crippen LogP contribution in [0.15, 0.2) is 18.5 Å². The summed E-state index contributed by atoms with van der Waals surface area (Å²) in [5.74, 6) is 0.372. The Bertz CT molecular complexity index is 383. The molecule has 2 atom stereocenters. The first kappa shape index (κ1) is 13.3. The Morgan fingerprint density at radius 2 is 2.39 bits per heavy atom. The summed E-state index contributed by atoms with van der Waals surface area (Å²) >= 11 is 0. The third-order valence-corrected chi connectivity index (χ3v) is 3.81. The van der Waals surface area contributed by atoms with Crippen molar-refractivity contribution >= 4 is 5.69 Å². The Hall–Kier alpha value is -1.16. The smallest absolute Gasteiger partial charge is 0.143 e. The molecule has 1 N–H and O–H groups in total. The van der Waals surface area contributed by atoms with Crippen LogP contribution in [-0.4, -0.2) is 30.7 Å². The molecule has 0 amide bonds. The van der Waals surface area contributed by atoms with E-state index in [2.05, 4.69) is 29.0 Å². The topological polar surface area (TPSA) is 28.2 Å². The van der Waals surface area contributed by atoms with Crippen molar-refractivity contribution in [3.63, 3.8) is 0 Å². The van der Waals surface area contributed by atoms with Gasteiger partial charge in [-0.3, -0.25) is 4.98 Å². The highest BCUT2D eigenvalue weighted by Crippen LogP contribution is 2.19. The Balaban J connectivity index is 2.11. The molecule has 1 aliphatic rings.